The molecule has 2 unspecified atom stereocenters. The summed E-state index contributed by atoms with van der Waals surface area (Å²) in [6, 6.07) is 0. The summed E-state index contributed by atoms with van der Waals surface area (Å²) in [6.45, 7) is 4.82. The van der Waals surface area contributed by atoms with Gasteiger partial charge in [-0.3, -0.25) is 9.59 Å². The fourth-order valence-corrected chi connectivity index (χ4v) is 9.77. The maximum atomic E-state index is 12.9. The van der Waals surface area contributed by atoms with E-state index in [0.29, 0.717) is 17.4 Å². The van der Waals surface area contributed by atoms with E-state index in [9.17, 15) is 19.5 Å². The van der Waals surface area contributed by atoms with Gasteiger partial charge in [0.15, 0.2) is 6.10 Å². The number of rotatable bonds is 62. The Kier molecular flexibility index (Phi) is 58.2. The van der Waals surface area contributed by atoms with Crippen molar-refractivity contribution in [2.24, 2.45) is 0 Å². The summed E-state index contributed by atoms with van der Waals surface area (Å²) in [7, 11) is 5.98. The smallest absolute Gasteiger partial charge is 0.361 e. The van der Waals surface area contributed by atoms with Gasteiger partial charge in [-0.25, -0.2) is 4.79 Å². The van der Waals surface area contributed by atoms with Gasteiger partial charge < -0.3 is 28.5 Å². The molecule has 9 nitrogen and oxygen atoms in total. The van der Waals surface area contributed by atoms with Crippen molar-refractivity contribution >= 4 is 17.9 Å². The largest absolute Gasteiger partial charge is 0.477 e. The molecule has 0 fully saturated rings. The number of carbonyl (C=O) groups is 3. The lowest BCUT2D eigenvalue weighted by molar-refractivity contribution is -0.870. The lowest BCUT2D eigenvalue weighted by Gasteiger charge is -2.25. The van der Waals surface area contributed by atoms with E-state index in [-0.39, 0.29) is 32.2 Å². The zero-order chi connectivity index (χ0) is 56.9. The number of carboxylic acids is 1. The van der Waals surface area contributed by atoms with Crippen LogP contribution in [0.1, 0.15) is 316 Å². The Morgan fingerprint density at radius 3 is 1.09 bits per heavy atom. The van der Waals surface area contributed by atoms with Crippen LogP contribution in [0, 0.1) is 0 Å². The Balaban J connectivity index is 4.11. The number of aliphatic carboxylic acids is 1. The maximum absolute atomic E-state index is 12.9. The van der Waals surface area contributed by atoms with Crippen LogP contribution in [0.15, 0.2) is 48.6 Å². The predicted octanol–water partition coefficient (Wildman–Crippen LogP) is 20.2. The molecule has 0 aromatic heterocycles. The Hall–Kier alpha value is -2.75. The Morgan fingerprint density at radius 1 is 0.397 bits per heavy atom. The highest BCUT2D eigenvalue weighted by Crippen LogP contribution is 2.18. The summed E-state index contributed by atoms with van der Waals surface area (Å²) in [6.07, 6.45) is 73.6. The van der Waals surface area contributed by atoms with E-state index in [0.717, 1.165) is 64.2 Å². The maximum Gasteiger partial charge on any atom is 0.361 e. The first-order valence-electron chi connectivity index (χ1n) is 33.3. The van der Waals surface area contributed by atoms with Crippen LogP contribution in [0.2, 0.25) is 0 Å². The number of unbranched alkanes of at least 4 members (excludes halogenated alkanes) is 39. The third-order valence-electron chi connectivity index (χ3n) is 14.8. The second-order valence-electron chi connectivity index (χ2n) is 23.8. The zero-order valence-corrected chi connectivity index (χ0v) is 52.1. The third kappa shape index (κ3) is 60.9. The molecule has 0 bridgehead atoms. The van der Waals surface area contributed by atoms with E-state index in [1.54, 1.807) is 0 Å². The van der Waals surface area contributed by atoms with Gasteiger partial charge in [0.25, 0.3) is 6.29 Å². The highest BCUT2D eigenvalue weighted by molar-refractivity contribution is 5.71. The fraction of sp³-hybridized carbons (Fsp3) is 0.841. The number of hydrogen-bond donors (Lipinski definition) is 1. The van der Waals surface area contributed by atoms with Crippen molar-refractivity contribution in [3.05, 3.63) is 48.6 Å². The van der Waals surface area contributed by atoms with E-state index in [2.05, 4.69) is 62.5 Å². The van der Waals surface area contributed by atoms with Crippen LogP contribution in [0.3, 0.4) is 0 Å². The van der Waals surface area contributed by atoms with Crippen molar-refractivity contribution in [2.45, 2.75) is 328 Å². The van der Waals surface area contributed by atoms with Gasteiger partial charge in [-0.15, -0.1) is 0 Å². The molecule has 456 valence electrons. The van der Waals surface area contributed by atoms with Gasteiger partial charge in [0.1, 0.15) is 13.2 Å². The van der Waals surface area contributed by atoms with Gasteiger partial charge in [0.2, 0.25) is 0 Å². The topological polar surface area (TPSA) is 108 Å². The summed E-state index contributed by atoms with van der Waals surface area (Å²) in [5.74, 6) is -1.99. The first kappa shape index (κ1) is 75.2. The number of ether oxygens (including phenoxy) is 4. The molecule has 0 saturated carbocycles. The second-order valence-corrected chi connectivity index (χ2v) is 23.8. The van der Waals surface area contributed by atoms with Crippen LogP contribution >= 0.6 is 0 Å². The number of hydrogen-bond acceptors (Lipinski definition) is 7. The van der Waals surface area contributed by atoms with Crippen LogP contribution in [-0.2, 0) is 33.3 Å². The highest BCUT2D eigenvalue weighted by Gasteiger charge is 2.25. The Morgan fingerprint density at radius 2 is 0.731 bits per heavy atom. The number of nitrogens with zero attached hydrogens (tertiary/aromatic N) is 1. The first-order chi connectivity index (χ1) is 38.1. The summed E-state index contributed by atoms with van der Waals surface area (Å²) in [5.41, 5.74) is 0. The van der Waals surface area contributed by atoms with Gasteiger partial charge in [0.05, 0.1) is 34.4 Å². The van der Waals surface area contributed by atoms with E-state index >= 15 is 0 Å². The Bertz CT molecular complexity index is 1420. The average molecular weight is 1100 g/mol. The number of quaternary nitrogens is 1. The second kappa shape index (κ2) is 60.3. The van der Waals surface area contributed by atoms with Crippen molar-refractivity contribution < 1.29 is 42.9 Å². The molecular formula is C69H128NO8+. The van der Waals surface area contributed by atoms with Crippen LogP contribution in [0.4, 0.5) is 0 Å². The molecule has 0 heterocycles. The molecule has 0 saturated heterocycles. The van der Waals surface area contributed by atoms with Gasteiger partial charge in [-0.1, -0.05) is 300 Å². The number of allylic oxidation sites excluding steroid dienone is 8. The molecule has 0 amide bonds. The van der Waals surface area contributed by atoms with E-state index < -0.39 is 24.3 Å². The lowest BCUT2D eigenvalue weighted by Crippen LogP contribution is -2.40. The summed E-state index contributed by atoms with van der Waals surface area (Å²) >= 11 is 0. The lowest BCUT2D eigenvalue weighted by atomic mass is 10.0. The van der Waals surface area contributed by atoms with Crippen molar-refractivity contribution in [2.75, 3.05) is 47.5 Å². The molecule has 1 N–H and O–H groups in total. The molecule has 0 aliphatic rings. The fourth-order valence-electron chi connectivity index (χ4n) is 9.77. The van der Waals surface area contributed by atoms with Gasteiger partial charge >= 0.3 is 17.9 Å². The molecule has 0 rings (SSSR count). The van der Waals surface area contributed by atoms with E-state index in [4.69, 9.17) is 18.9 Å². The normalized spacial score (nSPS) is 13.0. The van der Waals surface area contributed by atoms with Gasteiger partial charge in [0, 0.05) is 12.8 Å². The van der Waals surface area contributed by atoms with Crippen molar-refractivity contribution in [1.82, 2.24) is 0 Å². The predicted molar refractivity (Wildman–Crippen MR) is 332 cm³/mol. The van der Waals surface area contributed by atoms with Gasteiger partial charge in [-0.2, -0.15) is 0 Å². The summed E-state index contributed by atoms with van der Waals surface area (Å²) in [4.78, 5) is 37.6. The van der Waals surface area contributed by atoms with Crippen LogP contribution in [-0.4, -0.2) is 87.4 Å². The minimum Gasteiger partial charge on any atom is -0.477 e. The highest BCUT2D eigenvalue weighted by atomic mass is 16.7. The molecule has 78 heavy (non-hydrogen) atoms. The van der Waals surface area contributed by atoms with Crippen molar-refractivity contribution in [1.29, 1.82) is 0 Å². The molecule has 9 heteroatoms. The third-order valence-corrected chi connectivity index (χ3v) is 14.8. The molecule has 0 radical (unpaired) electrons. The minimum atomic E-state index is -1.51. The van der Waals surface area contributed by atoms with Gasteiger partial charge in [-0.05, 0) is 51.4 Å². The molecule has 2 atom stereocenters. The van der Waals surface area contributed by atoms with Crippen LogP contribution in [0.5, 0.6) is 0 Å². The molecule has 0 aromatic carbocycles. The molecular weight excluding hydrogens is 971 g/mol. The standard InChI is InChI=1S/C69H127NO8/c1-6-8-10-12-14-16-18-20-22-24-26-28-30-32-33-34-36-37-39-41-43-45-47-49-51-53-55-57-59-66(71)76-63-65(64-77-69(68(73)74)75-62-61-70(3,4)5)78-67(72)60-58-56-54-52-50-48-46-44-42-40-38-35-31-29-27-25-23-21-19-17-15-13-11-9-7-2/h9,11,15,17,21,23,27,29,65,69H,6-8,10,12-14,16,18-20,22,24-26,28,30-64H2,1-5H3/p+1/b11-9-,17-15-,23-21-,29-27-. The minimum absolute atomic E-state index is 0.179. The number of likely N-dealkylation sites (N-methyl/N-ethyl adjacent to an activating group) is 1. The number of carbonyl (C=O) groups excluding carboxylic acids is 2. The molecule has 0 aliphatic heterocycles. The summed E-state index contributed by atoms with van der Waals surface area (Å²) < 4.78 is 23.0. The quantitative estimate of drug-likeness (QED) is 0.0211. The molecule has 0 aromatic rings. The van der Waals surface area contributed by atoms with E-state index in [1.807, 2.05) is 21.1 Å². The van der Waals surface area contributed by atoms with Crippen molar-refractivity contribution in [3.8, 4) is 0 Å². The van der Waals surface area contributed by atoms with Crippen LogP contribution in [0.25, 0.3) is 0 Å². The van der Waals surface area contributed by atoms with Crippen LogP contribution < -0.4 is 0 Å². The first-order valence-corrected chi connectivity index (χ1v) is 33.3. The molecule has 0 spiro atoms. The van der Waals surface area contributed by atoms with E-state index in [1.165, 1.54) is 225 Å². The molecule has 0 aliphatic carbocycles. The summed E-state index contributed by atoms with van der Waals surface area (Å²) in [5, 5.41) is 9.73. The number of carboxylic acid groups (broad SMARTS) is 1. The average Bonchev–Trinajstić information content (AvgIpc) is 3.41. The Labute approximate surface area is 482 Å². The zero-order valence-electron chi connectivity index (χ0n) is 52.1. The monoisotopic (exact) mass is 1100 g/mol. The van der Waals surface area contributed by atoms with Crippen molar-refractivity contribution in [3.63, 3.8) is 0 Å². The SMILES string of the molecule is CC/C=C\C/C=C\C/C=C\C/C=C\CCCCCCCCCCCCCCC(=O)OC(COC(=O)CCCCCCCCCCCCCCCCCCCCCCCCCCCCCC)COC(OCC[N+](C)(C)C)C(=O)O. The number of esters is 2.